The zero-order valence-corrected chi connectivity index (χ0v) is 22.8. The molecule has 0 saturated heterocycles. The summed E-state index contributed by atoms with van der Waals surface area (Å²) in [6.07, 6.45) is 1.64. The van der Waals surface area contributed by atoms with Crippen molar-refractivity contribution in [3.8, 4) is 0 Å². The fourth-order valence-electron chi connectivity index (χ4n) is 2.48. The Morgan fingerprint density at radius 3 is 2.18 bits per heavy atom. The monoisotopic (exact) mass is 567 g/mol. The minimum atomic E-state index is -4.62. The second-order valence-corrected chi connectivity index (χ2v) is 9.32. The van der Waals surface area contributed by atoms with Crippen LogP contribution in [-0.4, -0.2) is 80.9 Å². The number of Topliss-reactive ketones (excluding diaryl/α,β-unsaturated/α-hetero) is 1. The van der Waals surface area contributed by atoms with Crippen molar-refractivity contribution in [2.24, 2.45) is 5.11 Å². The summed E-state index contributed by atoms with van der Waals surface area (Å²) >= 11 is 0. The first kappa shape index (κ1) is 35.5. The van der Waals surface area contributed by atoms with E-state index in [9.17, 15) is 28.6 Å². The van der Waals surface area contributed by atoms with Gasteiger partial charge in [-0.1, -0.05) is 31.8 Å². The van der Waals surface area contributed by atoms with Crippen molar-refractivity contribution in [3.63, 3.8) is 0 Å². The molecule has 0 spiro atoms. The first-order valence-corrected chi connectivity index (χ1v) is 13.9. The molecule has 0 saturated carbocycles. The minimum absolute atomic E-state index is 0.0311. The Kier molecular flexibility index (Phi) is 20.9. The fourth-order valence-corrected chi connectivity index (χ4v) is 3.24. The topological polar surface area (TPSA) is 210 Å². The third-order valence-electron chi connectivity index (χ3n) is 4.49. The Morgan fingerprint density at radius 1 is 0.868 bits per heavy atom. The fraction of sp³-hybridized carbons (Fsp3) is 0.818. The molecule has 0 fully saturated rings. The molecule has 0 aromatic rings. The number of phosphoric acid groups is 1. The third-order valence-corrected chi connectivity index (χ3v) is 5.47. The van der Waals surface area contributed by atoms with Crippen LogP contribution in [0.15, 0.2) is 5.11 Å². The Morgan fingerprint density at radius 2 is 1.53 bits per heavy atom. The highest BCUT2D eigenvalue weighted by Gasteiger charge is 2.26. The normalized spacial score (nSPS) is 13.0. The number of ether oxygens (including phenoxy) is 4. The van der Waals surface area contributed by atoms with Crippen LogP contribution in [0.25, 0.3) is 10.4 Å². The lowest BCUT2D eigenvalue weighted by atomic mass is 10.2. The van der Waals surface area contributed by atoms with E-state index in [0.29, 0.717) is 12.8 Å². The van der Waals surface area contributed by atoms with Crippen molar-refractivity contribution in [2.75, 3.05) is 46.2 Å². The van der Waals surface area contributed by atoms with Crippen LogP contribution in [-0.2, 0) is 51.7 Å². The Hall–Kier alpha value is -2.54. The number of unbranched alkanes of at least 4 members (excludes halogenated alkanes) is 2. The van der Waals surface area contributed by atoms with Gasteiger partial charge in [0.2, 0.25) is 0 Å². The molecule has 15 nitrogen and oxygen atoms in total. The molecular weight excluding hydrogens is 529 g/mol. The number of esters is 3. The summed E-state index contributed by atoms with van der Waals surface area (Å²) < 4.78 is 41.9. The molecule has 0 aromatic carbocycles. The van der Waals surface area contributed by atoms with E-state index in [1.54, 1.807) is 0 Å². The molecule has 218 valence electrons. The number of rotatable bonds is 24. The van der Waals surface area contributed by atoms with Crippen molar-refractivity contribution < 1.29 is 56.6 Å². The van der Waals surface area contributed by atoms with E-state index in [-0.39, 0.29) is 64.4 Å². The van der Waals surface area contributed by atoms with Gasteiger partial charge in [-0.05, 0) is 18.4 Å². The van der Waals surface area contributed by atoms with E-state index in [1.165, 1.54) is 0 Å². The molecule has 0 aliphatic rings. The molecule has 0 radical (unpaired) electrons. The van der Waals surface area contributed by atoms with Crippen LogP contribution in [0.3, 0.4) is 0 Å². The highest BCUT2D eigenvalue weighted by Crippen LogP contribution is 2.43. The zero-order chi connectivity index (χ0) is 28.7. The van der Waals surface area contributed by atoms with Gasteiger partial charge in [0.25, 0.3) is 0 Å². The second-order valence-electron chi connectivity index (χ2n) is 7.87. The summed E-state index contributed by atoms with van der Waals surface area (Å²) in [5.74, 6) is -2.08. The van der Waals surface area contributed by atoms with E-state index in [0.717, 1.165) is 12.8 Å². The molecule has 0 bridgehead atoms. The minimum Gasteiger partial charge on any atom is -0.463 e. The van der Waals surface area contributed by atoms with Crippen molar-refractivity contribution in [1.29, 1.82) is 0 Å². The molecule has 0 amide bonds. The average Bonchev–Trinajstić information content (AvgIpc) is 2.87. The highest BCUT2D eigenvalue weighted by atomic mass is 31.2. The number of carbonyl (C=O) groups is 4. The standard InChI is InChI=1S/C22H38N3O12P/c1-3-5-7-20(27)34-16-19(37-22(29)8-6-4-2)17-36-38(30,31)35-12-10-21(28)33-14-13-32-15-18(26)9-11-24-25-23/h19H,3-17H2,1-2H3,(H,30,31). The van der Waals surface area contributed by atoms with Crippen LogP contribution in [0.1, 0.15) is 65.2 Å². The van der Waals surface area contributed by atoms with Crippen molar-refractivity contribution in [2.45, 2.75) is 71.3 Å². The van der Waals surface area contributed by atoms with E-state index >= 15 is 0 Å². The SMILES string of the molecule is CCCCC(=O)OCC(COP(=O)(O)OCCC(=O)OCCOCC(=O)CCN=[N+]=[N-])OC(=O)CCCC. The van der Waals surface area contributed by atoms with E-state index in [4.69, 9.17) is 33.5 Å². The summed E-state index contributed by atoms with van der Waals surface area (Å²) in [5, 5.41) is 3.23. The largest absolute Gasteiger partial charge is 0.472 e. The van der Waals surface area contributed by atoms with Gasteiger partial charge in [0, 0.05) is 30.7 Å². The van der Waals surface area contributed by atoms with Gasteiger partial charge in [-0.2, -0.15) is 0 Å². The summed E-state index contributed by atoms with van der Waals surface area (Å²) in [7, 11) is -4.62. The number of hydrogen-bond acceptors (Lipinski definition) is 12. The van der Waals surface area contributed by atoms with Gasteiger partial charge in [-0.25, -0.2) is 4.57 Å². The van der Waals surface area contributed by atoms with Crippen LogP contribution < -0.4 is 0 Å². The Balaban J connectivity index is 4.35. The predicted octanol–water partition coefficient (Wildman–Crippen LogP) is 3.17. The molecule has 0 aliphatic carbocycles. The van der Waals surface area contributed by atoms with Gasteiger partial charge in [0.05, 0.1) is 26.2 Å². The van der Waals surface area contributed by atoms with Crippen LogP contribution in [0, 0.1) is 0 Å². The third kappa shape index (κ3) is 21.5. The number of nitrogens with zero attached hydrogens (tertiary/aromatic N) is 3. The molecule has 0 aliphatic heterocycles. The molecule has 16 heteroatoms. The first-order chi connectivity index (χ1) is 18.1. The number of phosphoric ester groups is 1. The van der Waals surface area contributed by atoms with Crippen molar-refractivity contribution in [1.82, 2.24) is 0 Å². The summed E-state index contributed by atoms with van der Waals surface area (Å²) in [6, 6.07) is 0. The highest BCUT2D eigenvalue weighted by molar-refractivity contribution is 7.47. The van der Waals surface area contributed by atoms with Gasteiger partial charge >= 0.3 is 25.7 Å². The number of hydrogen-bond donors (Lipinski definition) is 1. The molecule has 1 N–H and O–H groups in total. The maximum atomic E-state index is 12.1. The maximum absolute atomic E-state index is 12.1. The van der Waals surface area contributed by atoms with Gasteiger partial charge in [-0.3, -0.25) is 28.2 Å². The molecule has 38 heavy (non-hydrogen) atoms. The van der Waals surface area contributed by atoms with Gasteiger partial charge < -0.3 is 23.8 Å². The van der Waals surface area contributed by atoms with Gasteiger partial charge in [0.1, 0.15) is 19.8 Å². The van der Waals surface area contributed by atoms with Gasteiger partial charge in [-0.15, -0.1) is 0 Å². The lowest BCUT2D eigenvalue weighted by Gasteiger charge is -2.19. The lowest BCUT2D eigenvalue weighted by molar-refractivity contribution is -0.161. The average molecular weight is 568 g/mol. The number of carbonyl (C=O) groups excluding carboxylic acids is 4. The molecule has 0 heterocycles. The molecule has 2 unspecified atom stereocenters. The summed E-state index contributed by atoms with van der Waals surface area (Å²) in [5.41, 5.74) is 8.13. The Labute approximate surface area is 221 Å². The lowest BCUT2D eigenvalue weighted by Crippen LogP contribution is -2.29. The zero-order valence-electron chi connectivity index (χ0n) is 21.9. The summed E-state index contributed by atoms with van der Waals surface area (Å²) in [6.45, 7) is 1.98. The molecular formula is C22H38N3O12P. The molecule has 0 rings (SSSR count). The van der Waals surface area contributed by atoms with E-state index in [1.807, 2.05) is 13.8 Å². The van der Waals surface area contributed by atoms with Crippen LogP contribution >= 0.6 is 7.82 Å². The number of azide groups is 1. The van der Waals surface area contributed by atoms with Crippen molar-refractivity contribution in [3.05, 3.63) is 10.4 Å². The van der Waals surface area contributed by atoms with Crippen LogP contribution in [0.2, 0.25) is 0 Å². The van der Waals surface area contributed by atoms with Gasteiger partial charge in [0.15, 0.2) is 11.9 Å². The number of ketones is 1. The second kappa shape index (κ2) is 22.4. The Bertz CT molecular complexity index is 819. The van der Waals surface area contributed by atoms with Crippen molar-refractivity contribution >= 4 is 31.5 Å². The smallest absolute Gasteiger partial charge is 0.463 e. The first-order valence-electron chi connectivity index (χ1n) is 12.4. The van der Waals surface area contributed by atoms with Crippen LogP contribution in [0.4, 0.5) is 0 Å². The molecule has 0 aromatic heterocycles. The quantitative estimate of drug-likeness (QED) is 0.0339. The summed E-state index contributed by atoms with van der Waals surface area (Å²) in [4.78, 5) is 59.2. The maximum Gasteiger partial charge on any atom is 0.472 e. The molecule has 2 atom stereocenters. The van der Waals surface area contributed by atoms with E-state index < -0.39 is 45.0 Å². The van der Waals surface area contributed by atoms with E-state index in [2.05, 4.69) is 10.0 Å². The van der Waals surface area contributed by atoms with Crippen LogP contribution in [0.5, 0.6) is 0 Å². The predicted molar refractivity (Wildman–Crippen MR) is 132 cm³/mol.